The highest BCUT2D eigenvalue weighted by atomic mass is 32.1. The van der Waals surface area contributed by atoms with Crippen LogP contribution in [0.1, 0.15) is 11.1 Å². The molecule has 1 aromatic rings. The highest BCUT2D eigenvalue weighted by molar-refractivity contribution is 7.80. The van der Waals surface area contributed by atoms with Crippen LogP contribution >= 0.6 is 12.6 Å². The summed E-state index contributed by atoms with van der Waals surface area (Å²) in [4.78, 5) is 9.52. The van der Waals surface area contributed by atoms with E-state index in [1.54, 1.807) is 6.08 Å². The molecule has 0 unspecified atom stereocenters. The van der Waals surface area contributed by atoms with Gasteiger partial charge >= 0.3 is 6.18 Å². The van der Waals surface area contributed by atoms with Crippen molar-refractivity contribution in [3.63, 3.8) is 0 Å². The Bertz CT molecular complexity index is 457. The van der Waals surface area contributed by atoms with Gasteiger partial charge in [0, 0.05) is 11.8 Å². The molecule has 0 N–H and O–H groups in total. The van der Waals surface area contributed by atoms with Crippen LogP contribution in [-0.4, -0.2) is 10.7 Å². The third kappa shape index (κ3) is 3.48. The fourth-order valence-electron chi connectivity index (χ4n) is 1.23. The van der Waals surface area contributed by atoms with Gasteiger partial charge in [-0.25, -0.2) is 0 Å². The molecule has 0 bridgehead atoms. The van der Waals surface area contributed by atoms with E-state index in [1.807, 2.05) is 0 Å². The second kappa shape index (κ2) is 5.22. The highest BCUT2D eigenvalue weighted by Crippen LogP contribution is 2.36. The van der Waals surface area contributed by atoms with E-state index in [4.69, 9.17) is 0 Å². The van der Waals surface area contributed by atoms with Gasteiger partial charge in [-0.1, -0.05) is 18.2 Å². The Labute approximate surface area is 101 Å². The zero-order chi connectivity index (χ0) is 13.1. The molecule has 7 heteroatoms. The van der Waals surface area contributed by atoms with E-state index in [1.165, 1.54) is 12.1 Å². The van der Waals surface area contributed by atoms with Gasteiger partial charge in [0.05, 0.1) is 4.92 Å². The number of benzene rings is 1. The number of alkyl halides is 3. The molecule has 0 aliphatic rings. The summed E-state index contributed by atoms with van der Waals surface area (Å²) < 4.78 is 37.4. The number of hydrogen-bond acceptors (Lipinski definition) is 3. The molecule has 3 nitrogen and oxygen atoms in total. The first-order valence-corrected chi connectivity index (χ1v) is 5.12. The summed E-state index contributed by atoms with van der Waals surface area (Å²) in [5.41, 5.74) is -1.86. The van der Waals surface area contributed by atoms with E-state index >= 15 is 0 Å². The fraction of sp³-hybridized carbons (Fsp3) is 0.200. The Morgan fingerprint density at radius 1 is 1.41 bits per heavy atom. The smallest absolute Gasteiger partial charge is 0.258 e. The van der Waals surface area contributed by atoms with Gasteiger partial charge in [0.2, 0.25) is 0 Å². The first-order valence-electron chi connectivity index (χ1n) is 4.49. The molecule has 0 saturated carbocycles. The molecule has 92 valence electrons. The van der Waals surface area contributed by atoms with Crippen molar-refractivity contribution in [1.82, 2.24) is 0 Å². The molecular formula is C10H8F3NO2S. The van der Waals surface area contributed by atoms with Crippen LogP contribution < -0.4 is 0 Å². The molecule has 17 heavy (non-hydrogen) atoms. The molecule has 0 amide bonds. The fourth-order valence-corrected chi connectivity index (χ4v) is 1.34. The van der Waals surface area contributed by atoms with E-state index in [2.05, 4.69) is 12.6 Å². The second-order valence-electron chi connectivity index (χ2n) is 3.12. The van der Waals surface area contributed by atoms with Gasteiger partial charge in [-0.15, -0.1) is 0 Å². The average Bonchev–Trinajstić information content (AvgIpc) is 2.24. The lowest BCUT2D eigenvalue weighted by Gasteiger charge is -2.07. The monoisotopic (exact) mass is 263 g/mol. The first kappa shape index (κ1) is 13.6. The third-order valence-electron chi connectivity index (χ3n) is 1.94. The SMILES string of the molecule is O=[N+]([O-])c1cc(C=CCS)ccc1C(F)(F)F. The van der Waals surface area contributed by atoms with Crippen LogP contribution in [0.15, 0.2) is 24.3 Å². The lowest BCUT2D eigenvalue weighted by atomic mass is 10.1. The lowest BCUT2D eigenvalue weighted by molar-refractivity contribution is -0.388. The minimum Gasteiger partial charge on any atom is -0.258 e. The third-order valence-corrected chi connectivity index (χ3v) is 2.15. The molecular weight excluding hydrogens is 255 g/mol. The summed E-state index contributed by atoms with van der Waals surface area (Å²) in [7, 11) is 0. The minimum absolute atomic E-state index is 0.332. The quantitative estimate of drug-likeness (QED) is 0.514. The van der Waals surface area contributed by atoms with E-state index in [0.717, 1.165) is 6.07 Å². The predicted molar refractivity (Wildman–Crippen MR) is 61.0 cm³/mol. The van der Waals surface area contributed by atoms with E-state index in [0.29, 0.717) is 17.4 Å². The summed E-state index contributed by atoms with van der Waals surface area (Å²) in [6.45, 7) is 0. The van der Waals surface area contributed by atoms with Crippen molar-refractivity contribution in [2.24, 2.45) is 0 Å². The molecule has 1 rings (SSSR count). The maximum atomic E-state index is 12.5. The highest BCUT2D eigenvalue weighted by Gasteiger charge is 2.37. The molecule has 0 aliphatic heterocycles. The van der Waals surface area contributed by atoms with Crippen LogP contribution in [0.4, 0.5) is 18.9 Å². The van der Waals surface area contributed by atoms with Gasteiger partial charge in [0.1, 0.15) is 5.56 Å². The van der Waals surface area contributed by atoms with E-state index < -0.39 is 22.4 Å². The average molecular weight is 263 g/mol. The van der Waals surface area contributed by atoms with Crippen LogP contribution in [0.2, 0.25) is 0 Å². The summed E-state index contributed by atoms with van der Waals surface area (Å²) in [6.07, 6.45) is -1.68. The second-order valence-corrected chi connectivity index (χ2v) is 3.48. The normalized spacial score (nSPS) is 12.0. The van der Waals surface area contributed by atoms with Gasteiger partial charge < -0.3 is 0 Å². The van der Waals surface area contributed by atoms with Gasteiger partial charge in [-0.3, -0.25) is 10.1 Å². The number of halogens is 3. The number of hydrogen-bond donors (Lipinski definition) is 1. The topological polar surface area (TPSA) is 43.1 Å². The van der Waals surface area contributed by atoms with E-state index in [-0.39, 0.29) is 0 Å². The molecule has 0 fully saturated rings. The van der Waals surface area contributed by atoms with Crippen LogP contribution in [0.5, 0.6) is 0 Å². The number of nitrogens with zero attached hydrogens (tertiary/aromatic N) is 1. The number of rotatable bonds is 3. The van der Waals surface area contributed by atoms with Crippen molar-refractivity contribution in [3.05, 3.63) is 45.5 Å². The zero-order valence-electron chi connectivity index (χ0n) is 8.44. The van der Waals surface area contributed by atoms with Crippen molar-refractivity contribution in [2.45, 2.75) is 6.18 Å². The van der Waals surface area contributed by atoms with Crippen LogP contribution in [0, 0.1) is 10.1 Å². The Balaban J connectivity index is 3.27. The first-order chi connectivity index (χ1) is 7.86. The molecule has 0 aromatic heterocycles. The summed E-state index contributed by atoms with van der Waals surface area (Å²) in [5, 5.41) is 10.6. The number of nitro groups is 1. The molecule has 0 saturated heterocycles. The van der Waals surface area contributed by atoms with Crippen molar-refractivity contribution in [3.8, 4) is 0 Å². The summed E-state index contributed by atoms with van der Waals surface area (Å²) >= 11 is 3.88. The van der Waals surface area contributed by atoms with Crippen molar-refractivity contribution in [1.29, 1.82) is 0 Å². The van der Waals surface area contributed by atoms with Crippen molar-refractivity contribution >= 4 is 24.4 Å². The molecule has 0 heterocycles. The zero-order valence-corrected chi connectivity index (χ0v) is 9.33. The Morgan fingerprint density at radius 2 is 2.06 bits per heavy atom. The van der Waals surface area contributed by atoms with Crippen molar-refractivity contribution < 1.29 is 18.1 Å². The number of nitro benzene ring substituents is 1. The van der Waals surface area contributed by atoms with Crippen LogP contribution in [0.3, 0.4) is 0 Å². The molecule has 0 aliphatic carbocycles. The summed E-state index contributed by atoms with van der Waals surface area (Å²) in [6, 6.07) is 2.77. The minimum atomic E-state index is -4.73. The van der Waals surface area contributed by atoms with Crippen LogP contribution in [0.25, 0.3) is 6.08 Å². The standard InChI is InChI=1S/C10H8F3NO2S/c11-10(12,13)8-4-3-7(2-1-5-17)6-9(8)14(15)16/h1-4,6,17H,5H2. The molecule has 0 atom stereocenters. The summed E-state index contributed by atoms with van der Waals surface area (Å²) in [5.74, 6) is 0.398. The van der Waals surface area contributed by atoms with Crippen LogP contribution in [-0.2, 0) is 6.18 Å². The lowest BCUT2D eigenvalue weighted by Crippen LogP contribution is -2.08. The van der Waals surface area contributed by atoms with Crippen molar-refractivity contribution in [2.75, 3.05) is 5.75 Å². The Kier molecular flexibility index (Phi) is 4.17. The van der Waals surface area contributed by atoms with Gasteiger partial charge in [0.15, 0.2) is 0 Å². The Morgan fingerprint density at radius 3 is 2.53 bits per heavy atom. The maximum Gasteiger partial charge on any atom is 0.422 e. The van der Waals surface area contributed by atoms with Gasteiger partial charge in [-0.05, 0) is 11.6 Å². The van der Waals surface area contributed by atoms with Gasteiger partial charge in [0.25, 0.3) is 5.69 Å². The van der Waals surface area contributed by atoms with Gasteiger partial charge in [-0.2, -0.15) is 25.8 Å². The largest absolute Gasteiger partial charge is 0.422 e. The number of thiol groups is 1. The molecule has 0 radical (unpaired) electrons. The Hall–Kier alpha value is -1.50. The van der Waals surface area contributed by atoms with E-state index in [9.17, 15) is 23.3 Å². The predicted octanol–water partition coefficient (Wildman–Crippen LogP) is 3.56. The molecule has 0 spiro atoms. The maximum absolute atomic E-state index is 12.5. The molecule has 1 aromatic carbocycles.